The fourth-order valence-electron chi connectivity index (χ4n) is 1.16. The normalized spacial score (nSPS) is 11.2. The van der Waals surface area contributed by atoms with Gasteiger partial charge in [0.25, 0.3) is 5.91 Å². The third kappa shape index (κ3) is 4.15. The van der Waals surface area contributed by atoms with E-state index in [1.165, 1.54) is 12.1 Å². The Bertz CT molecular complexity index is 545. The highest BCUT2D eigenvalue weighted by Crippen LogP contribution is 2.14. The molecule has 1 heterocycles. The Kier molecular flexibility index (Phi) is 4.92. The molecule has 3 N–H and O–H groups in total. The molecule has 1 aromatic heterocycles. The van der Waals surface area contributed by atoms with Crippen molar-refractivity contribution in [3.63, 3.8) is 0 Å². The molecule has 0 aromatic carbocycles. The molecular weight excluding hydrogens is 278 g/mol. The van der Waals surface area contributed by atoms with Crippen LogP contribution >= 0.6 is 11.6 Å². The summed E-state index contributed by atoms with van der Waals surface area (Å²) in [7, 11) is -3.11. The van der Waals surface area contributed by atoms with Crippen molar-refractivity contribution in [1.82, 2.24) is 10.3 Å². The molecule has 0 aliphatic rings. The van der Waals surface area contributed by atoms with Crippen molar-refractivity contribution in [2.75, 3.05) is 23.8 Å². The number of nitrogen functional groups attached to an aromatic ring is 1. The first-order valence-electron chi connectivity index (χ1n) is 5.26. The van der Waals surface area contributed by atoms with Crippen molar-refractivity contribution < 1.29 is 13.2 Å². The average molecular weight is 292 g/mol. The van der Waals surface area contributed by atoms with Gasteiger partial charge in [-0.2, -0.15) is 0 Å². The predicted octanol–water partition coefficient (Wildman–Crippen LogP) is 0.482. The van der Waals surface area contributed by atoms with Crippen molar-refractivity contribution in [1.29, 1.82) is 0 Å². The zero-order valence-corrected chi connectivity index (χ0v) is 11.4. The number of halogens is 1. The van der Waals surface area contributed by atoms with E-state index >= 15 is 0 Å². The van der Waals surface area contributed by atoms with Gasteiger partial charge in [0.1, 0.15) is 11.5 Å². The van der Waals surface area contributed by atoms with Gasteiger partial charge in [0.05, 0.1) is 10.8 Å². The van der Waals surface area contributed by atoms with Crippen LogP contribution in [-0.4, -0.2) is 37.4 Å². The maximum atomic E-state index is 11.7. The van der Waals surface area contributed by atoms with Crippen molar-refractivity contribution >= 4 is 33.2 Å². The van der Waals surface area contributed by atoms with Crippen LogP contribution < -0.4 is 11.1 Å². The summed E-state index contributed by atoms with van der Waals surface area (Å²) in [6, 6.07) is 2.93. The molecule has 0 aliphatic heterocycles. The molecule has 0 bridgehead atoms. The van der Waals surface area contributed by atoms with Gasteiger partial charge in [-0.3, -0.25) is 4.79 Å². The molecule has 0 spiro atoms. The Balaban J connectivity index is 2.64. The third-order valence-corrected chi connectivity index (χ3v) is 4.23. The summed E-state index contributed by atoms with van der Waals surface area (Å²) in [5.74, 6) is -0.445. The molecule has 0 radical (unpaired) electrons. The molecule has 100 valence electrons. The summed E-state index contributed by atoms with van der Waals surface area (Å²) in [5, 5.41) is 2.60. The van der Waals surface area contributed by atoms with Gasteiger partial charge in [-0.25, -0.2) is 13.4 Å². The molecule has 1 rings (SSSR count). The number of rotatable bonds is 5. The summed E-state index contributed by atoms with van der Waals surface area (Å²) in [6.07, 6.45) is 0. The van der Waals surface area contributed by atoms with Crippen LogP contribution in [0.4, 0.5) is 5.82 Å². The Morgan fingerprint density at radius 3 is 2.78 bits per heavy atom. The number of amides is 1. The Morgan fingerprint density at radius 2 is 2.17 bits per heavy atom. The average Bonchev–Trinajstić information content (AvgIpc) is 2.32. The molecule has 6 nitrogen and oxygen atoms in total. The minimum absolute atomic E-state index is 0.00874. The number of hydrogen-bond donors (Lipinski definition) is 2. The lowest BCUT2D eigenvalue weighted by atomic mass is 10.3. The summed E-state index contributed by atoms with van der Waals surface area (Å²) in [4.78, 5) is 15.5. The number of carbonyl (C=O) groups excluding carboxylic acids is 1. The molecule has 0 aliphatic carbocycles. The van der Waals surface area contributed by atoms with Gasteiger partial charge >= 0.3 is 0 Å². The van der Waals surface area contributed by atoms with Crippen LogP contribution in [0.5, 0.6) is 0 Å². The van der Waals surface area contributed by atoms with Crippen LogP contribution in [0, 0.1) is 0 Å². The SMILES string of the molecule is CCS(=O)(=O)CCNC(=O)c1nc(N)ccc1Cl. The molecule has 0 unspecified atom stereocenters. The molecule has 8 heteroatoms. The second kappa shape index (κ2) is 6.01. The minimum Gasteiger partial charge on any atom is -0.384 e. The number of hydrogen-bond acceptors (Lipinski definition) is 5. The largest absolute Gasteiger partial charge is 0.384 e. The smallest absolute Gasteiger partial charge is 0.271 e. The van der Waals surface area contributed by atoms with Crippen LogP contribution in [0.3, 0.4) is 0 Å². The van der Waals surface area contributed by atoms with E-state index in [0.717, 1.165) is 0 Å². The highest BCUT2D eigenvalue weighted by molar-refractivity contribution is 7.91. The first-order chi connectivity index (χ1) is 8.35. The second-order valence-electron chi connectivity index (χ2n) is 3.56. The fraction of sp³-hybridized carbons (Fsp3) is 0.400. The highest BCUT2D eigenvalue weighted by atomic mass is 35.5. The van der Waals surface area contributed by atoms with Gasteiger partial charge in [0.15, 0.2) is 9.84 Å². The van der Waals surface area contributed by atoms with Gasteiger partial charge in [0.2, 0.25) is 0 Å². The standard InChI is InChI=1S/C10H14ClN3O3S/c1-2-18(16,17)6-5-13-10(15)9-7(11)3-4-8(12)14-9/h3-4H,2,5-6H2,1H3,(H2,12,14)(H,13,15). The maximum absolute atomic E-state index is 11.7. The van der Waals surface area contributed by atoms with Crippen LogP contribution in [0.25, 0.3) is 0 Å². The lowest BCUT2D eigenvalue weighted by Crippen LogP contribution is -2.30. The molecule has 0 saturated carbocycles. The number of anilines is 1. The Labute approximate surface area is 110 Å². The first-order valence-corrected chi connectivity index (χ1v) is 7.46. The van der Waals surface area contributed by atoms with Crippen molar-refractivity contribution in [3.05, 3.63) is 22.8 Å². The number of nitrogens with one attached hydrogen (secondary N) is 1. The van der Waals surface area contributed by atoms with Gasteiger partial charge in [0, 0.05) is 12.3 Å². The summed E-state index contributed by atoms with van der Waals surface area (Å²) in [6.45, 7) is 1.56. The summed E-state index contributed by atoms with van der Waals surface area (Å²) in [5.41, 5.74) is 5.43. The Morgan fingerprint density at radius 1 is 1.50 bits per heavy atom. The number of nitrogens with zero attached hydrogens (tertiary/aromatic N) is 1. The summed E-state index contributed by atoms with van der Waals surface area (Å²) < 4.78 is 22.5. The quantitative estimate of drug-likeness (QED) is 0.821. The molecule has 0 saturated heterocycles. The van der Waals surface area contributed by atoms with E-state index < -0.39 is 15.7 Å². The monoisotopic (exact) mass is 291 g/mol. The lowest BCUT2D eigenvalue weighted by Gasteiger charge is -2.06. The van der Waals surface area contributed by atoms with Crippen molar-refractivity contribution in [2.45, 2.75) is 6.92 Å². The number of sulfone groups is 1. The van der Waals surface area contributed by atoms with Crippen LogP contribution in [0.2, 0.25) is 5.02 Å². The van der Waals surface area contributed by atoms with E-state index in [1.807, 2.05) is 0 Å². The first kappa shape index (κ1) is 14.7. The zero-order chi connectivity index (χ0) is 13.8. The molecule has 1 amide bonds. The second-order valence-corrected chi connectivity index (χ2v) is 6.44. The topological polar surface area (TPSA) is 102 Å². The number of pyridine rings is 1. The van der Waals surface area contributed by atoms with Gasteiger partial charge in [-0.1, -0.05) is 18.5 Å². The van der Waals surface area contributed by atoms with E-state index in [0.29, 0.717) is 0 Å². The van der Waals surface area contributed by atoms with Crippen molar-refractivity contribution in [3.8, 4) is 0 Å². The summed E-state index contributed by atoms with van der Waals surface area (Å²) >= 11 is 5.79. The van der Waals surface area contributed by atoms with E-state index in [1.54, 1.807) is 6.92 Å². The zero-order valence-electron chi connectivity index (χ0n) is 9.81. The number of nitrogens with two attached hydrogens (primary N) is 1. The number of carbonyl (C=O) groups is 1. The van der Waals surface area contributed by atoms with Crippen LogP contribution in [0.1, 0.15) is 17.4 Å². The molecule has 1 aromatic rings. The van der Waals surface area contributed by atoms with Gasteiger partial charge in [-0.05, 0) is 12.1 Å². The molecule has 0 fully saturated rings. The lowest BCUT2D eigenvalue weighted by molar-refractivity contribution is 0.0951. The molecule has 0 atom stereocenters. The van der Waals surface area contributed by atoms with Gasteiger partial charge in [-0.15, -0.1) is 0 Å². The van der Waals surface area contributed by atoms with E-state index in [4.69, 9.17) is 17.3 Å². The highest BCUT2D eigenvalue weighted by Gasteiger charge is 2.14. The number of aromatic nitrogens is 1. The minimum atomic E-state index is -3.11. The fourth-order valence-corrected chi connectivity index (χ4v) is 2.06. The van der Waals surface area contributed by atoms with E-state index in [9.17, 15) is 13.2 Å². The third-order valence-electron chi connectivity index (χ3n) is 2.22. The molecular formula is C10H14ClN3O3S. The van der Waals surface area contributed by atoms with Gasteiger partial charge < -0.3 is 11.1 Å². The van der Waals surface area contributed by atoms with Crippen LogP contribution in [-0.2, 0) is 9.84 Å². The van der Waals surface area contributed by atoms with E-state index in [2.05, 4.69) is 10.3 Å². The van der Waals surface area contributed by atoms with E-state index in [-0.39, 0.29) is 34.6 Å². The van der Waals surface area contributed by atoms with Crippen LogP contribution in [0.15, 0.2) is 12.1 Å². The van der Waals surface area contributed by atoms with Crippen molar-refractivity contribution in [2.24, 2.45) is 0 Å². The predicted molar refractivity (Wildman–Crippen MR) is 70.3 cm³/mol. The Hall–Kier alpha value is -1.34. The molecule has 18 heavy (non-hydrogen) atoms. The maximum Gasteiger partial charge on any atom is 0.271 e.